The zero-order valence-electron chi connectivity index (χ0n) is 13.1. The number of hydrogen-bond acceptors (Lipinski definition) is 4. The van der Waals surface area contributed by atoms with Gasteiger partial charge in [-0.3, -0.25) is 0 Å². The van der Waals surface area contributed by atoms with Crippen LogP contribution in [0.25, 0.3) is 20.3 Å². The highest BCUT2D eigenvalue weighted by molar-refractivity contribution is 9.10. The summed E-state index contributed by atoms with van der Waals surface area (Å²) in [5.41, 5.74) is 1.21. The van der Waals surface area contributed by atoms with Gasteiger partial charge in [0, 0.05) is 28.7 Å². The van der Waals surface area contributed by atoms with Gasteiger partial charge in [0.25, 0.3) is 0 Å². The number of thiophene rings is 1. The number of hydrogen-bond donors (Lipinski definition) is 1. The molecule has 3 aromatic rings. The zero-order valence-corrected chi connectivity index (χ0v) is 15.5. The summed E-state index contributed by atoms with van der Waals surface area (Å²) in [7, 11) is 1.72. The molecule has 0 amide bonds. The third-order valence-corrected chi connectivity index (χ3v) is 6.35. The van der Waals surface area contributed by atoms with Crippen molar-refractivity contribution in [3.05, 3.63) is 28.9 Å². The van der Waals surface area contributed by atoms with Gasteiger partial charge in [-0.15, -0.1) is 11.3 Å². The van der Waals surface area contributed by atoms with E-state index >= 15 is 0 Å². The molecule has 2 aromatic heterocycles. The molecule has 1 aliphatic rings. The van der Waals surface area contributed by atoms with Gasteiger partial charge in [0.1, 0.15) is 4.83 Å². The Morgan fingerprint density at radius 2 is 2.04 bits per heavy atom. The highest BCUT2D eigenvalue weighted by Crippen LogP contribution is 2.44. The van der Waals surface area contributed by atoms with E-state index in [1.807, 2.05) is 6.20 Å². The lowest BCUT2D eigenvalue weighted by molar-refractivity contribution is 0.418. The van der Waals surface area contributed by atoms with E-state index < -0.39 is 0 Å². The van der Waals surface area contributed by atoms with Crippen LogP contribution in [0.2, 0.25) is 0 Å². The Morgan fingerprint density at radius 1 is 1.22 bits per heavy atom. The van der Waals surface area contributed by atoms with Gasteiger partial charge in [0.2, 0.25) is 0 Å². The fourth-order valence-corrected chi connectivity index (χ4v) is 5.31. The Kier molecular flexibility index (Phi) is 4.16. The molecule has 1 aliphatic carbocycles. The first-order chi connectivity index (χ1) is 11.3. The van der Waals surface area contributed by atoms with Gasteiger partial charge >= 0.3 is 0 Å². The molecule has 0 unspecified atom stereocenters. The van der Waals surface area contributed by atoms with Gasteiger partial charge in [-0.25, -0.2) is 4.98 Å². The number of nitrogens with one attached hydrogen (secondary N) is 1. The largest absolute Gasteiger partial charge is 0.494 e. The first-order valence-electron chi connectivity index (χ1n) is 8.08. The molecule has 0 bridgehead atoms. The number of halogens is 1. The Hall–Kier alpha value is -1.33. The molecule has 1 aromatic carbocycles. The van der Waals surface area contributed by atoms with Crippen LogP contribution < -0.4 is 10.1 Å². The number of rotatable bonds is 3. The minimum Gasteiger partial charge on any atom is -0.494 e. The van der Waals surface area contributed by atoms with E-state index in [9.17, 15) is 0 Å². The number of anilines is 1. The van der Waals surface area contributed by atoms with Crippen molar-refractivity contribution in [2.24, 2.45) is 0 Å². The fourth-order valence-electron chi connectivity index (χ4n) is 3.49. The Morgan fingerprint density at radius 3 is 2.83 bits per heavy atom. The van der Waals surface area contributed by atoms with Crippen LogP contribution >= 0.6 is 27.3 Å². The summed E-state index contributed by atoms with van der Waals surface area (Å²) in [5, 5.41) is 6.21. The lowest BCUT2D eigenvalue weighted by Crippen LogP contribution is -2.22. The first kappa shape index (κ1) is 15.2. The Balaban J connectivity index is 1.86. The molecular weight excluding hydrogens is 372 g/mol. The van der Waals surface area contributed by atoms with Crippen molar-refractivity contribution in [2.45, 2.75) is 38.1 Å². The van der Waals surface area contributed by atoms with Gasteiger partial charge in [0.15, 0.2) is 5.75 Å². The van der Waals surface area contributed by atoms with E-state index in [1.165, 1.54) is 48.6 Å². The van der Waals surface area contributed by atoms with Gasteiger partial charge in [-0.1, -0.05) is 25.3 Å². The molecule has 4 rings (SSSR count). The summed E-state index contributed by atoms with van der Waals surface area (Å²) in [4.78, 5) is 5.65. The second kappa shape index (κ2) is 6.29. The summed E-state index contributed by atoms with van der Waals surface area (Å²) < 4.78 is 7.73. The number of ether oxygens (including phenoxy) is 1. The van der Waals surface area contributed by atoms with Crippen LogP contribution in [0.4, 0.5) is 5.69 Å². The van der Waals surface area contributed by atoms with E-state index in [1.54, 1.807) is 18.4 Å². The summed E-state index contributed by atoms with van der Waals surface area (Å²) >= 11 is 5.28. The molecule has 23 heavy (non-hydrogen) atoms. The summed E-state index contributed by atoms with van der Waals surface area (Å²) in [6, 6.07) is 6.92. The van der Waals surface area contributed by atoms with Crippen molar-refractivity contribution in [3.63, 3.8) is 0 Å². The van der Waals surface area contributed by atoms with Gasteiger partial charge in [0.05, 0.1) is 16.3 Å². The molecule has 5 heteroatoms. The molecule has 0 atom stereocenters. The highest BCUT2D eigenvalue weighted by atomic mass is 79.9. The molecule has 2 heterocycles. The summed E-state index contributed by atoms with van der Waals surface area (Å²) in [5.74, 6) is 0.897. The molecule has 1 saturated carbocycles. The highest BCUT2D eigenvalue weighted by Gasteiger charge is 2.18. The van der Waals surface area contributed by atoms with Crippen LogP contribution in [0.1, 0.15) is 32.1 Å². The van der Waals surface area contributed by atoms with E-state index in [-0.39, 0.29) is 0 Å². The van der Waals surface area contributed by atoms with Crippen LogP contribution in [-0.2, 0) is 0 Å². The maximum atomic E-state index is 5.59. The Bertz CT molecular complexity index is 855. The number of fused-ring (bicyclic) bond motifs is 3. The van der Waals surface area contributed by atoms with Crippen LogP contribution in [0.5, 0.6) is 5.75 Å². The molecule has 0 spiro atoms. The van der Waals surface area contributed by atoms with Gasteiger partial charge in [-0.2, -0.15) is 0 Å². The predicted molar refractivity (Wildman–Crippen MR) is 102 cm³/mol. The smallest absolute Gasteiger partial charge is 0.150 e. The predicted octanol–water partition coefficient (Wildman–Crippen LogP) is 5.97. The lowest BCUT2D eigenvalue weighted by Gasteiger charge is -2.24. The third kappa shape index (κ3) is 2.70. The molecule has 120 valence electrons. The standard InChI is InChI=1S/C18H19BrN2OS/c1-22-16-13(19)8-7-12-15-14(21-11-5-3-2-4-6-11)9-10-20-18(15)23-17(12)16/h7-11H,2-6H2,1H3,(H,20,21). The molecule has 3 nitrogen and oxygen atoms in total. The third-order valence-electron chi connectivity index (χ3n) is 4.62. The van der Waals surface area contributed by atoms with Gasteiger partial charge in [-0.05, 0) is 40.9 Å². The maximum Gasteiger partial charge on any atom is 0.150 e. The zero-order chi connectivity index (χ0) is 15.8. The number of pyridine rings is 1. The van der Waals surface area contributed by atoms with Crippen molar-refractivity contribution < 1.29 is 4.74 Å². The van der Waals surface area contributed by atoms with E-state index in [0.29, 0.717) is 6.04 Å². The van der Waals surface area contributed by atoms with Crippen LogP contribution in [0.3, 0.4) is 0 Å². The Labute approximate surface area is 148 Å². The molecule has 0 aliphatic heterocycles. The fraction of sp³-hybridized carbons (Fsp3) is 0.389. The second-order valence-electron chi connectivity index (χ2n) is 6.08. The molecule has 1 fully saturated rings. The van der Waals surface area contributed by atoms with Crippen LogP contribution in [0, 0.1) is 0 Å². The van der Waals surface area contributed by atoms with Crippen molar-refractivity contribution >= 4 is 53.3 Å². The second-order valence-corrected chi connectivity index (χ2v) is 7.93. The molecule has 0 radical (unpaired) electrons. The van der Waals surface area contributed by atoms with Crippen LogP contribution in [0.15, 0.2) is 28.9 Å². The summed E-state index contributed by atoms with van der Waals surface area (Å²) in [6.07, 6.45) is 8.47. The van der Waals surface area contributed by atoms with Crippen molar-refractivity contribution in [2.75, 3.05) is 12.4 Å². The van der Waals surface area contributed by atoms with Crippen molar-refractivity contribution in [3.8, 4) is 5.75 Å². The maximum absolute atomic E-state index is 5.59. The number of benzene rings is 1. The minimum absolute atomic E-state index is 0.585. The monoisotopic (exact) mass is 390 g/mol. The quantitative estimate of drug-likeness (QED) is 0.598. The SMILES string of the molecule is COc1c(Br)ccc2c1sc1nccc(NC3CCCCC3)c12. The molecule has 1 N–H and O–H groups in total. The van der Waals surface area contributed by atoms with Crippen molar-refractivity contribution in [1.82, 2.24) is 4.98 Å². The molecule has 0 saturated heterocycles. The molecular formula is C18H19BrN2OS. The minimum atomic E-state index is 0.585. The van der Waals surface area contributed by atoms with E-state index in [0.717, 1.165) is 19.8 Å². The lowest BCUT2D eigenvalue weighted by atomic mass is 9.95. The van der Waals surface area contributed by atoms with Gasteiger partial charge < -0.3 is 10.1 Å². The van der Waals surface area contributed by atoms with Crippen LogP contribution in [-0.4, -0.2) is 18.1 Å². The number of aromatic nitrogens is 1. The number of nitrogens with zero attached hydrogens (tertiary/aromatic N) is 1. The summed E-state index contributed by atoms with van der Waals surface area (Å²) in [6.45, 7) is 0. The average Bonchev–Trinajstić information content (AvgIpc) is 2.95. The average molecular weight is 391 g/mol. The topological polar surface area (TPSA) is 34.1 Å². The first-order valence-corrected chi connectivity index (χ1v) is 9.69. The van der Waals surface area contributed by atoms with Crippen molar-refractivity contribution in [1.29, 1.82) is 0 Å². The van der Waals surface area contributed by atoms with E-state index in [4.69, 9.17) is 4.74 Å². The number of methoxy groups -OCH3 is 1. The normalized spacial score (nSPS) is 16.1. The van der Waals surface area contributed by atoms with E-state index in [2.05, 4.69) is 44.4 Å².